The number of anilines is 1. The van der Waals surface area contributed by atoms with Crippen LogP contribution in [0, 0.1) is 0 Å². The van der Waals surface area contributed by atoms with Crippen LogP contribution >= 0.6 is 11.6 Å². The Morgan fingerprint density at radius 3 is 2.44 bits per heavy atom. The van der Waals surface area contributed by atoms with E-state index in [4.69, 9.17) is 11.6 Å². The summed E-state index contributed by atoms with van der Waals surface area (Å²) in [5, 5.41) is 2.87. The largest absolute Gasteiger partial charge is 0.326 e. The number of rotatable bonds is 7. The SMILES string of the molecule is O=C(CCCCCCCl)Nc1ccccc1. The highest BCUT2D eigenvalue weighted by atomic mass is 35.5. The predicted molar refractivity (Wildman–Crippen MR) is 68.9 cm³/mol. The molecule has 0 aliphatic heterocycles. The highest BCUT2D eigenvalue weighted by Crippen LogP contribution is 2.08. The van der Waals surface area contributed by atoms with Crippen molar-refractivity contribution in [3.05, 3.63) is 30.3 Å². The van der Waals surface area contributed by atoms with Gasteiger partial charge < -0.3 is 5.32 Å². The third-order valence-corrected chi connectivity index (χ3v) is 2.61. The van der Waals surface area contributed by atoms with E-state index in [1.54, 1.807) is 0 Å². The van der Waals surface area contributed by atoms with Gasteiger partial charge in [-0.2, -0.15) is 0 Å². The number of para-hydroxylation sites is 1. The van der Waals surface area contributed by atoms with Crippen LogP contribution in [0.5, 0.6) is 0 Å². The Bertz CT molecular complexity index is 300. The number of nitrogens with one attached hydrogen (secondary N) is 1. The summed E-state index contributed by atoms with van der Waals surface area (Å²) in [5.74, 6) is 0.813. The molecule has 1 amide bonds. The van der Waals surface area contributed by atoms with Crippen LogP contribution in [0.1, 0.15) is 32.1 Å². The van der Waals surface area contributed by atoms with Crippen LogP contribution in [0.4, 0.5) is 5.69 Å². The summed E-state index contributed by atoms with van der Waals surface area (Å²) in [7, 11) is 0. The molecule has 0 atom stereocenters. The van der Waals surface area contributed by atoms with E-state index in [2.05, 4.69) is 5.32 Å². The van der Waals surface area contributed by atoms with E-state index in [-0.39, 0.29) is 5.91 Å². The van der Waals surface area contributed by atoms with E-state index in [1.807, 2.05) is 30.3 Å². The van der Waals surface area contributed by atoms with Crippen molar-refractivity contribution in [2.45, 2.75) is 32.1 Å². The quantitative estimate of drug-likeness (QED) is 0.569. The number of hydrogen-bond donors (Lipinski definition) is 1. The van der Waals surface area contributed by atoms with Crippen LogP contribution < -0.4 is 5.32 Å². The molecule has 0 saturated carbocycles. The van der Waals surface area contributed by atoms with Crippen LogP contribution in [0.25, 0.3) is 0 Å². The van der Waals surface area contributed by atoms with Crippen molar-refractivity contribution in [2.75, 3.05) is 11.2 Å². The lowest BCUT2D eigenvalue weighted by atomic mass is 10.1. The summed E-state index contributed by atoms with van der Waals surface area (Å²) < 4.78 is 0. The number of carbonyl (C=O) groups is 1. The van der Waals surface area contributed by atoms with Gasteiger partial charge in [-0.3, -0.25) is 4.79 Å². The summed E-state index contributed by atoms with van der Waals surface area (Å²) in [5.41, 5.74) is 0.869. The van der Waals surface area contributed by atoms with Gasteiger partial charge in [0, 0.05) is 18.0 Å². The Morgan fingerprint density at radius 1 is 1.06 bits per heavy atom. The van der Waals surface area contributed by atoms with Crippen molar-refractivity contribution in [3.8, 4) is 0 Å². The maximum atomic E-state index is 11.5. The predicted octanol–water partition coefficient (Wildman–Crippen LogP) is 3.81. The maximum Gasteiger partial charge on any atom is 0.224 e. The number of halogens is 1. The molecular formula is C13H18ClNO. The smallest absolute Gasteiger partial charge is 0.224 e. The highest BCUT2D eigenvalue weighted by molar-refractivity contribution is 6.17. The number of amides is 1. The van der Waals surface area contributed by atoms with Gasteiger partial charge in [0.25, 0.3) is 0 Å². The van der Waals surface area contributed by atoms with Crippen LogP contribution in [0.3, 0.4) is 0 Å². The van der Waals surface area contributed by atoms with Crippen molar-refractivity contribution < 1.29 is 4.79 Å². The molecule has 16 heavy (non-hydrogen) atoms. The van der Waals surface area contributed by atoms with Gasteiger partial charge >= 0.3 is 0 Å². The minimum absolute atomic E-state index is 0.0945. The first-order valence-electron chi connectivity index (χ1n) is 5.74. The number of unbranched alkanes of at least 4 members (excludes halogenated alkanes) is 3. The average molecular weight is 240 g/mol. The van der Waals surface area contributed by atoms with Crippen LogP contribution in [0.15, 0.2) is 30.3 Å². The topological polar surface area (TPSA) is 29.1 Å². The Hall–Kier alpha value is -1.02. The molecule has 0 aliphatic rings. The molecule has 0 aromatic heterocycles. The standard InChI is InChI=1S/C13H18ClNO/c14-11-7-2-1-6-10-13(16)15-12-8-4-3-5-9-12/h3-5,8-9H,1-2,6-7,10-11H2,(H,15,16). The molecule has 1 rings (SSSR count). The van der Waals surface area contributed by atoms with Gasteiger partial charge in [0.05, 0.1) is 0 Å². The van der Waals surface area contributed by atoms with Gasteiger partial charge in [0.2, 0.25) is 5.91 Å². The van der Waals surface area contributed by atoms with Gasteiger partial charge in [0.15, 0.2) is 0 Å². The first-order chi connectivity index (χ1) is 7.83. The van der Waals surface area contributed by atoms with Gasteiger partial charge in [-0.05, 0) is 25.0 Å². The number of hydrogen-bond acceptors (Lipinski definition) is 1. The minimum Gasteiger partial charge on any atom is -0.326 e. The Balaban J connectivity index is 2.12. The number of benzene rings is 1. The molecule has 0 unspecified atom stereocenters. The lowest BCUT2D eigenvalue weighted by molar-refractivity contribution is -0.116. The van der Waals surface area contributed by atoms with Crippen LogP contribution in [-0.4, -0.2) is 11.8 Å². The third kappa shape index (κ3) is 5.76. The fraction of sp³-hybridized carbons (Fsp3) is 0.462. The average Bonchev–Trinajstić information content (AvgIpc) is 2.30. The fourth-order valence-corrected chi connectivity index (χ4v) is 1.67. The summed E-state index contributed by atoms with van der Waals surface area (Å²) >= 11 is 5.57. The molecule has 0 heterocycles. The normalized spacial score (nSPS) is 10.1. The molecule has 1 aromatic rings. The van der Waals surface area contributed by atoms with Crippen LogP contribution in [0.2, 0.25) is 0 Å². The van der Waals surface area contributed by atoms with E-state index in [9.17, 15) is 4.79 Å². The summed E-state index contributed by atoms with van der Waals surface area (Å²) in [4.78, 5) is 11.5. The first-order valence-corrected chi connectivity index (χ1v) is 6.27. The van der Waals surface area contributed by atoms with Crippen molar-refractivity contribution in [2.24, 2.45) is 0 Å². The fourth-order valence-electron chi connectivity index (χ4n) is 1.48. The second-order valence-electron chi connectivity index (χ2n) is 3.77. The minimum atomic E-state index is 0.0945. The molecule has 0 radical (unpaired) electrons. The van der Waals surface area contributed by atoms with Crippen molar-refractivity contribution in [1.29, 1.82) is 0 Å². The Labute approximate surface area is 102 Å². The molecule has 0 saturated heterocycles. The lowest BCUT2D eigenvalue weighted by Gasteiger charge is -2.04. The summed E-state index contributed by atoms with van der Waals surface area (Å²) in [6, 6.07) is 9.55. The monoisotopic (exact) mass is 239 g/mol. The van der Waals surface area contributed by atoms with Crippen molar-refractivity contribution in [3.63, 3.8) is 0 Å². The van der Waals surface area contributed by atoms with Gasteiger partial charge in [0.1, 0.15) is 0 Å². The highest BCUT2D eigenvalue weighted by Gasteiger charge is 2.01. The Kier molecular flexibility index (Phi) is 6.66. The van der Waals surface area contributed by atoms with Crippen LogP contribution in [-0.2, 0) is 4.79 Å². The zero-order chi connectivity index (χ0) is 11.6. The first kappa shape index (κ1) is 13.0. The molecule has 1 aromatic carbocycles. The molecule has 88 valence electrons. The van der Waals surface area contributed by atoms with Crippen molar-refractivity contribution in [1.82, 2.24) is 0 Å². The number of carbonyl (C=O) groups excluding carboxylic acids is 1. The Morgan fingerprint density at radius 2 is 1.75 bits per heavy atom. The third-order valence-electron chi connectivity index (χ3n) is 2.35. The summed E-state index contributed by atoms with van der Waals surface area (Å²) in [6.45, 7) is 0. The van der Waals surface area contributed by atoms with E-state index in [0.29, 0.717) is 6.42 Å². The molecular weight excluding hydrogens is 222 g/mol. The molecule has 1 N–H and O–H groups in total. The lowest BCUT2D eigenvalue weighted by Crippen LogP contribution is -2.10. The van der Waals surface area contributed by atoms with Crippen molar-refractivity contribution >= 4 is 23.2 Å². The molecule has 0 spiro atoms. The second-order valence-corrected chi connectivity index (χ2v) is 4.15. The van der Waals surface area contributed by atoms with E-state index < -0.39 is 0 Å². The zero-order valence-electron chi connectivity index (χ0n) is 9.42. The number of alkyl halides is 1. The second kappa shape index (κ2) is 8.17. The van der Waals surface area contributed by atoms with Gasteiger partial charge in [-0.15, -0.1) is 11.6 Å². The van der Waals surface area contributed by atoms with Gasteiger partial charge in [-0.25, -0.2) is 0 Å². The van der Waals surface area contributed by atoms with Gasteiger partial charge in [-0.1, -0.05) is 31.0 Å². The molecule has 0 aliphatic carbocycles. The summed E-state index contributed by atoms with van der Waals surface area (Å²) in [6.07, 6.45) is 4.77. The molecule has 0 fully saturated rings. The molecule has 2 nitrogen and oxygen atoms in total. The molecule has 0 bridgehead atoms. The van der Waals surface area contributed by atoms with E-state index in [0.717, 1.165) is 37.3 Å². The maximum absolute atomic E-state index is 11.5. The van der Waals surface area contributed by atoms with E-state index >= 15 is 0 Å². The molecule has 3 heteroatoms. The van der Waals surface area contributed by atoms with E-state index in [1.165, 1.54) is 0 Å². The zero-order valence-corrected chi connectivity index (χ0v) is 10.2.